The van der Waals surface area contributed by atoms with Crippen molar-refractivity contribution in [3.8, 4) is 0 Å². The van der Waals surface area contributed by atoms with Gasteiger partial charge in [-0.05, 0) is 25.1 Å². The molecule has 1 saturated heterocycles. The molecule has 0 spiro atoms. The summed E-state index contributed by atoms with van der Waals surface area (Å²) in [5.41, 5.74) is 1.57. The number of nitrogens with zero attached hydrogens (tertiary/aromatic N) is 1. The molecule has 1 aliphatic heterocycles. The maximum atomic E-state index is 12.0. The van der Waals surface area contributed by atoms with E-state index in [9.17, 15) is 4.79 Å². The van der Waals surface area contributed by atoms with Crippen molar-refractivity contribution >= 4 is 16.8 Å². The third-order valence-electron chi connectivity index (χ3n) is 3.10. The Hall–Kier alpha value is -1.88. The molecule has 1 aliphatic rings. The van der Waals surface area contributed by atoms with E-state index in [-0.39, 0.29) is 11.9 Å². The number of H-pyrrole nitrogens is 1. The lowest BCUT2D eigenvalue weighted by molar-refractivity contribution is 0.0940. The number of hydrogen-bond donors (Lipinski definition) is 3. The molecule has 0 unspecified atom stereocenters. The summed E-state index contributed by atoms with van der Waals surface area (Å²) >= 11 is 0. The van der Waals surface area contributed by atoms with Gasteiger partial charge in [-0.2, -0.15) is 5.10 Å². The number of fused-ring (bicyclic) bond motifs is 1. The van der Waals surface area contributed by atoms with Crippen LogP contribution >= 0.6 is 0 Å². The summed E-state index contributed by atoms with van der Waals surface area (Å²) in [4.78, 5) is 12.0. The summed E-state index contributed by atoms with van der Waals surface area (Å²) in [7, 11) is 0. The first-order chi connectivity index (χ1) is 8.33. The number of carbonyl (C=O) groups excluding carboxylic acids is 1. The van der Waals surface area contributed by atoms with Crippen molar-refractivity contribution in [3.05, 3.63) is 30.0 Å². The van der Waals surface area contributed by atoms with Gasteiger partial charge in [0.2, 0.25) is 0 Å². The van der Waals surface area contributed by atoms with Crippen LogP contribution in [0.5, 0.6) is 0 Å². The van der Waals surface area contributed by atoms with Gasteiger partial charge in [-0.15, -0.1) is 0 Å². The minimum atomic E-state index is -0.0183. The van der Waals surface area contributed by atoms with Crippen LogP contribution in [0.3, 0.4) is 0 Å². The van der Waals surface area contributed by atoms with E-state index in [1.54, 1.807) is 6.20 Å². The Morgan fingerprint density at radius 3 is 3.24 bits per heavy atom. The molecule has 2 heterocycles. The second-order valence-electron chi connectivity index (χ2n) is 4.34. The van der Waals surface area contributed by atoms with Crippen LogP contribution in [0, 0.1) is 0 Å². The van der Waals surface area contributed by atoms with Gasteiger partial charge in [-0.25, -0.2) is 0 Å². The first-order valence-corrected chi connectivity index (χ1v) is 5.77. The molecule has 1 fully saturated rings. The Morgan fingerprint density at radius 1 is 1.47 bits per heavy atom. The predicted octanol–water partition coefficient (Wildman–Crippen LogP) is 0.655. The summed E-state index contributed by atoms with van der Waals surface area (Å²) in [6.07, 6.45) is 2.75. The highest BCUT2D eigenvalue weighted by Crippen LogP contribution is 2.13. The molecule has 2 aromatic rings. The first kappa shape index (κ1) is 10.3. The lowest BCUT2D eigenvalue weighted by atomic mass is 10.1. The summed E-state index contributed by atoms with van der Waals surface area (Å²) < 4.78 is 0. The minimum Gasteiger partial charge on any atom is -0.348 e. The number of benzene rings is 1. The Balaban J connectivity index is 1.79. The van der Waals surface area contributed by atoms with Crippen LogP contribution in [0.1, 0.15) is 16.8 Å². The molecule has 1 aromatic carbocycles. The largest absolute Gasteiger partial charge is 0.348 e. The van der Waals surface area contributed by atoms with Crippen molar-refractivity contribution in [3.63, 3.8) is 0 Å². The Bertz CT molecular complexity index is 542. The maximum Gasteiger partial charge on any atom is 0.251 e. The van der Waals surface area contributed by atoms with Crippen molar-refractivity contribution in [1.29, 1.82) is 0 Å². The number of rotatable bonds is 2. The number of amides is 1. The quantitative estimate of drug-likeness (QED) is 0.709. The highest BCUT2D eigenvalue weighted by Gasteiger charge is 2.17. The molecule has 1 amide bonds. The van der Waals surface area contributed by atoms with Crippen molar-refractivity contribution < 1.29 is 4.79 Å². The van der Waals surface area contributed by atoms with Gasteiger partial charge in [0.25, 0.3) is 5.91 Å². The van der Waals surface area contributed by atoms with Gasteiger partial charge in [0.05, 0.1) is 11.7 Å². The highest BCUT2D eigenvalue weighted by molar-refractivity contribution is 5.97. The molecular weight excluding hydrogens is 216 g/mol. The Morgan fingerprint density at radius 2 is 2.41 bits per heavy atom. The average molecular weight is 230 g/mol. The van der Waals surface area contributed by atoms with Crippen LogP contribution in [0.4, 0.5) is 0 Å². The second kappa shape index (κ2) is 4.18. The number of aromatic nitrogens is 2. The smallest absolute Gasteiger partial charge is 0.251 e. The summed E-state index contributed by atoms with van der Waals surface area (Å²) in [6, 6.07) is 5.82. The van der Waals surface area contributed by atoms with Gasteiger partial charge >= 0.3 is 0 Å². The van der Waals surface area contributed by atoms with Crippen molar-refractivity contribution in [2.75, 3.05) is 13.1 Å². The highest BCUT2D eigenvalue weighted by atomic mass is 16.1. The molecule has 0 bridgehead atoms. The molecular formula is C12H14N4O. The predicted molar refractivity (Wildman–Crippen MR) is 64.8 cm³/mol. The molecule has 5 nitrogen and oxygen atoms in total. The first-order valence-electron chi connectivity index (χ1n) is 5.77. The third kappa shape index (κ3) is 2.01. The fraction of sp³-hybridized carbons (Fsp3) is 0.333. The van der Waals surface area contributed by atoms with E-state index in [1.165, 1.54) is 0 Å². The maximum absolute atomic E-state index is 12.0. The minimum absolute atomic E-state index is 0.0183. The molecule has 5 heteroatoms. The zero-order chi connectivity index (χ0) is 11.7. The van der Waals surface area contributed by atoms with Gasteiger partial charge in [0, 0.05) is 23.5 Å². The molecule has 1 atom stereocenters. The van der Waals surface area contributed by atoms with Crippen LogP contribution in [0.15, 0.2) is 24.4 Å². The fourth-order valence-corrected chi connectivity index (χ4v) is 2.12. The lowest BCUT2D eigenvalue weighted by Crippen LogP contribution is -2.36. The molecule has 0 saturated carbocycles. The van der Waals surface area contributed by atoms with Crippen LogP contribution in [0.2, 0.25) is 0 Å². The average Bonchev–Trinajstić information content (AvgIpc) is 2.97. The standard InChI is InChI=1S/C12H14N4O/c17-12(15-10-3-4-13-7-10)8-1-2-9-6-14-16-11(9)5-8/h1-2,5-6,10,13H,3-4,7H2,(H,14,16)(H,15,17)/t10-/m0/s1. The monoisotopic (exact) mass is 230 g/mol. The second-order valence-corrected chi connectivity index (χ2v) is 4.34. The summed E-state index contributed by atoms with van der Waals surface area (Å²) in [5, 5.41) is 14.1. The SMILES string of the molecule is O=C(N[C@H]1CCNC1)c1ccc2cn[nH]c2c1. The van der Waals surface area contributed by atoms with E-state index in [2.05, 4.69) is 20.8 Å². The summed E-state index contributed by atoms with van der Waals surface area (Å²) in [5.74, 6) is -0.0183. The summed E-state index contributed by atoms with van der Waals surface area (Å²) in [6.45, 7) is 1.84. The topological polar surface area (TPSA) is 69.8 Å². The van der Waals surface area contributed by atoms with Gasteiger partial charge in [0.1, 0.15) is 0 Å². The fourth-order valence-electron chi connectivity index (χ4n) is 2.12. The normalized spacial score (nSPS) is 19.6. The Labute approximate surface area is 98.6 Å². The lowest BCUT2D eigenvalue weighted by Gasteiger charge is -2.11. The zero-order valence-corrected chi connectivity index (χ0v) is 9.36. The van der Waals surface area contributed by atoms with Crippen LogP contribution in [-0.4, -0.2) is 35.2 Å². The molecule has 1 aromatic heterocycles. The van der Waals surface area contributed by atoms with Crippen molar-refractivity contribution in [2.24, 2.45) is 0 Å². The third-order valence-corrected chi connectivity index (χ3v) is 3.10. The van der Waals surface area contributed by atoms with E-state index < -0.39 is 0 Å². The van der Waals surface area contributed by atoms with E-state index in [1.807, 2.05) is 18.2 Å². The van der Waals surface area contributed by atoms with Gasteiger partial charge < -0.3 is 10.6 Å². The van der Waals surface area contributed by atoms with Gasteiger partial charge in [0.15, 0.2) is 0 Å². The number of hydrogen-bond acceptors (Lipinski definition) is 3. The van der Waals surface area contributed by atoms with E-state index in [0.717, 1.165) is 30.4 Å². The Kier molecular flexibility index (Phi) is 2.53. The zero-order valence-electron chi connectivity index (χ0n) is 9.36. The molecule has 0 aliphatic carbocycles. The number of aromatic amines is 1. The van der Waals surface area contributed by atoms with Gasteiger partial charge in [-0.3, -0.25) is 9.89 Å². The van der Waals surface area contributed by atoms with E-state index in [0.29, 0.717) is 5.56 Å². The molecule has 17 heavy (non-hydrogen) atoms. The van der Waals surface area contributed by atoms with Gasteiger partial charge in [-0.1, -0.05) is 6.07 Å². The number of carbonyl (C=O) groups is 1. The van der Waals surface area contributed by atoms with Crippen LogP contribution in [-0.2, 0) is 0 Å². The van der Waals surface area contributed by atoms with Crippen LogP contribution < -0.4 is 10.6 Å². The molecule has 0 radical (unpaired) electrons. The molecule has 3 rings (SSSR count). The van der Waals surface area contributed by atoms with Crippen molar-refractivity contribution in [2.45, 2.75) is 12.5 Å². The molecule has 88 valence electrons. The van der Waals surface area contributed by atoms with E-state index >= 15 is 0 Å². The van der Waals surface area contributed by atoms with Crippen molar-refractivity contribution in [1.82, 2.24) is 20.8 Å². The molecule has 3 N–H and O–H groups in total. The number of nitrogens with one attached hydrogen (secondary N) is 3. The van der Waals surface area contributed by atoms with Crippen LogP contribution in [0.25, 0.3) is 10.9 Å². The van der Waals surface area contributed by atoms with E-state index in [4.69, 9.17) is 0 Å².